The van der Waals surface area contributed by atoms with Crippen LogP contribution in [0.3, 0.4) is 0 Å². The van der Waals surface area contributed by atoms with Crippen LogP contribution in [0.5, 0.6) is 0 Å². The summed E-state index contributed by atoms with van der Waals surface area (Å²) in [6.07, 6.45) is 10.6. The molecule has 0 aromatic carbocycles. The number of nitrogens with zero attached hydrogens (tertiary/aromatic N) is 2. The van der Waals surface area contributed by atoms with E-state index in [-0.39, 0.29) is 5.91 Å². The van der Waals surface area contributed by atoms with Crippen molar-refractivity contribution in [2.24, 2.45) is 0 Å². The number of hydrogen-bond donors (Lipinski definition) is 1. The van der Waals surface area contributed by atoms with Crippen LogP contribution >= 0.6 is 0 Å². The van der Waals surface area contributed by atoms with Gasteiger partial charge in [-0.1, -0.05) is 32.6 Å². The number of anilines is 1. The molecule has 1 aromatic heterocycles. The first kappa shape index (κ1) is 13.1. The van der Waals surface area contributed by atoms with Crippen LogP contribution in [-0.4, -0.2) is 15.7 Å². The molecule has 0 unspecified atom stereocenters. The average molecular weight is 249 g/mol. The van der Waals surface area contributed by atoms with E-state index in [1.165, 1.54) is 32.1 Å². The van der Waals surface area contributed by atoms with Crippen LogP contribution in [0.2, 0.25) is 0 Å². The van der Waals surface area contributed by atoms with Crippen LogP contribution in [0.25, 0.3) is 0 Å². The normalized spacial score (nSPS) is 16.7. The first-order valence-electron chi connectivity index (χ1n) is 7.14. The minimum atomic E-state index is 0.106. The highest BCUT2D eigenvalue weighted by atomic mass is 16.1. The van der Waals surface area contributed by atoms with Crippen LogP contribution in [0, 0.1) is 0 Å². The summed E-state index contributed by atoms with van der Waals surface area (Å²) in [5, 5.41) is 7.36. The molecule has 1 amide bonds. The van der Waals surface area contributed by atoms with E-state index in [9.17, 15) is 4.79 Å². The molecule has 0 bridgehead atoms. The van der Waals surface area contributed by atoms with E-state index in [1.54, 1.807) is 6.20 Å². The highest BCUT2D eigenvalue weighted by molar-refractivity contribution is 5.89. The van der Waals surface area contributed by atoms with Gasteiger partial charge in [0.25, 0.3) is 0 Å². The second-order valence-electron chi connectivity index (χ2n) is 5.10. The SMILES string of the molecule is CCCCC(=O)Nc1ccnn1C1CCCCC1. The maximum absolute atomic E-state index is 11.8. The number of nitrogens with one attached hydrogen (secondary N) is 1. The van der Waals surface area contributed by atoms with Gasteiger partial charge >= 0.3 is 0 Å². The van der Waals surface area contributed by atoms with Crippen molar-refractivity contribution in [3.8, 4) is 0 Å². The summed E-state index contributed by atoms with van der Waals surface area (Å²) >= 11 is 0. The van der Waals surface area contributed by atoms with E-state index in [2.05, 4.69) is 17.3 Å². The summed E-state index contributed by atoms with van der Waals surface area (Å²) in [6, 6.07) is 2.37. The molecule has 1 aliphatic rings. The minimum absolute atomic E-state index is 0.106. The van der Waals surface area contributed by atoms with E-state index >= 15 is 0 Å². The third-order valence-electron chi connectivity index (χ3n) is 3.62. The van der Waals surface area contributed by atoms with Gasteiger partial charge in [-0.2, -0.15) is 5.10 Å². The first-order valence-corrected chi connectivity index (χ1v) is 7.14. The minimum Gasteiger partial charge on any atom is -0.311 e. The highest BCUT2D eigenvalue weighted by Gasteiger charge is 2.18. The van der Waals surface area contributed by atoms with Crippen molar-refractivity contribution in [3.63, 3.8) is 0 Å². The van der Waals surface area contributed by atoms with Gasteiger partial charge in [0.1, 0.15) is 5.82 Å². The molecule has 0 spiro atoms. The van der Waals surface area contributed by atoms with Crippen LogP contribution in [-0.2, 0) is 4.79 Å². The number of hydrogen-bond acceptors (Lipinski definition) is 2. The predicted molar refractivity (Wildman–Crippen MR) is 72.5 cm³/mol. The zero-order chi connectivity index (χ0) is 12.8. The molecule has 1 fully saturated rings. The molecule has 0 radical (unpaired) electrons. The van der Waals surface area contributed by atoms with E-state index in [1.807, 2.05) is 10.7 Å². The third-order valence-corrected chi connectivity index (χ3v) is 3.62. The highest BCUT2D eigenvalue weighted by Crippen LogP contribution is 2.29. The number of amides is 1. The maximum Gasteiger partial charge on any atom is 0.225 e. The van der Waals surface area contributed by atoms with Crippen molar-refractivity contribution >= 4 is 11.7 Å². The summed E-state index contributed by atoms with van der Waals surface area (Å²) in [5.74, 6) is 0.970. The van der Waals surface area contributed by atoms with Crippen molar-refractivity contribution in [1.82, 2.24) is 9.78 Å². The van der Waals surface area contributed by atoms with Gasteiger partial charge in [-0.25, -0.2) is 4.68 Å². The second-order valence-corrected chi connectivity index (χ2v) is 5.10. The van der Waals surface area contributed by atoms with Gasteiger partial charge in [-0.3, -0.25) is 4.79 Å². The predicted octanol–water partition coefficient (Wildman–Crippen LogP) is 3.52. The molecule has 4 heteroatoms. The number of carbonyl (C=O) groups excluding carboxylic acids is 1. The monoisotopic (exact) mass is 249 g/mol. The Morgan fingerprint density at radius 3 is 2.94 bits per heavy atom. The second kappa shape index (κ2) is 6.57. The molecule has 1 aromatic rings. The zero-order valence-electron chi connectivity index (χ0n) is 11.2. The molecular formula is C14H23N3O. The lowest BCUT2D eigenvalue weighted by Gasteiger charge is -2.23. The lowest BCUT2D eigenvalue weighted by Crippen LogP contribution is -2.20. The van der Waals surface area contributed by atoms with Gasteiger partial charge < -0.3 is 5.32 Å². The zero-order valence-corrected chi connectivity index (χ0v) is 11.2. The fourth-order valence-electron chi connectivity index (χ4n) is 2.57. The number of carbonyl (C=O) groups is 1. The van der Waals surface area contributed by atoms with Crippen molar-refractivity contribution in [3.05, 3.63) is 12.3 Å². The van der Waals surface area contributed by atoms with Crippen molar-refractivity contribution < 1.29 is 4.79 Å². The summed E-state index contributed by atoms with van der Waals surface area (Å²) in [4.78, 5) is 11.8. The summed E-state index contributed by atoms with van der Waals surface area (Å²) in [7, 11) is 0. The third kappa shape index (κ3) is 3.34. The molecular weight excluding hydrogens is 226 g/mol. The quantitative estimate of drug-likeness (QED) is 0.868. The Morgan fingerprint density at radius 2 is 2.22 bits per heavy atom. The number of aromatic nitrogens is 2. The van der Waals surface area contributed by atoms with Gasteiger partial charge in [-0.15, -0.1) is 0 Å². The average Bonchev–Trinajstić information content (AvgIpc) is 2.85. The largest absolute Gasteiger partial charge is 0.311 e. The van der Waals surface area contributed by atoms with Gasteiger partial charge in [0, 0.05) is 12.5 Å². The molecule has 4 nitrogen and oxygen atoms in total. The Labute approximate surface area is 109 Å². The lowest BCUT2D eigenvalue weighted by atomic mass is 9.96. The lowest BCUT2D eigenvalue weighted by molar-refractivity contribution is -0.116. The Kier molecular flexibility index (Phi) is 4.79. The van der Waals surface area contributed by atoms with Crippen LogP contribution in [0.15, 0.2) is 12.3 Å². The Balaban J connectivity index is 1.96. The van der Waals surface area contributed by atoms with Gasteiger partial charge in [0.2, 0.25) is 5.91 Å². The number of unbranched alkanes of at least 4 members (excludes halogenated alkanes) is 1. The molecule has 2 rings (SSSR count). The Hall–Kier alpha value is -1.32. The molecule has 0 atom stereocenters. The fraction of sp³-hybridized carbons (Fsp3) is 0.714. The van der Waals surface area contributed by atoms with Crippen molar-refractivity contribution in [1.29, 1.82) is 0 Å². The molecule has 1 aliphatic carbocycles. The maximum atomic E-state index is 11.8. The smallest absolute Gasteiger partial charge is 0.225 e. The van der Waals surface area contributed by atoms with E-state index in [0.717, 1.165) is 18.7 Å². The first-order chi connectivity index (χ1) is 8.81. The summed E-state index contributed by atoms with van der Waals surface area (Å²) < 4.78 is 2.00. The Bertz CT molecular complexity index is 380. The molecule has 0 saturated heterocycles. The Morgan fingerprint density at radius 1 is 1.44 bits per heavy atom. The van der Waals surface area contributed by atoms with Crippen molar-refractivity contribution in [2.45, 2.75) is 64.3 Å². The molecule has 1 saturated carbocycles. The molecule has 1 N–H and O–H groups in total. The van der Waals surface area contributed by atoms with Crippen molar-refractivity contribution in [2.75, 3.05) is 5.32 Å². The molecule has 0 aliphatic heterocycles. The fourth-order valence-corrected chi connectivity index (χ4v) is 2.57. The number of rotatable bonds is 5. The van der Waals surface area contributed by atoms with Crippen LogP contribution in [0.4, 0.5) is 5.82 Å². The molecule has 100 valence electrons. The summed E-state index contributed by atoms with van der Waals surface area (Å²) in [5.41, 5.74) is 0. The van der Waals surface area contributed by atoms with E-state index in [0.29, 0.717) is 12.5 Å². The standard InChI is InChI=1S/C14H23N3O/c1-2-3-9-14(18)16-13-10-11-15-17(13)12-7-5-4-6-8-12/h10-12H,2-9H2,1H3,(H,16,18). The molecule has 1 heterocycles. The van der Waals surface area contributed by atoms with Gasteiger partial charge in [0.05, 0.1) is 12.2 Å². The van der Waals surface area contributed by atoms with E-state index < -0.39 is 0 Å². The molecule has 18 heavy (non-hydrogen) atoms. The van der Waals surface area contributed by atoms with Crippen LogP contribution in [0.1, 0.15) is 64.3 Å². The van der Waals surface area contributed by atoms with Gasteiger partial charge in [0.15, 0.2) is 0 Å². The van der Waals surface area contributed by atoms with Crippen LogP contribution < -0.4 is 5.32 Å². The van der Waals surface area contributed by atoms with E-state index in [4.69, 9.17) is 0 Å². The topological polar surface area (TPSA) is 46.9 Å². The van der Waals surface area contributed by atoms with Gasteiger partial charge in [-0.05, 0) is 19.3 Å². The summed E-state index contributed by atoms with van der Waals surface area (Å²) in [6.45, 7) is 2.10.